The second-order valence-corrected chi connectivity index (χ2v) is 6.02. The smallest absolute Gasteiger partial charge is 0.238 e. The molecule has 0 radical (unpaired) electrons. The average molecular weight is 307 g/mol. The Morgan fingerprint density at radius 1 is 1.05 bits per heavy atom. The van der Waals surface area contributed by atoms with E-state index in [1.54, 1.807) is 19.2 Å². The number of hydrogen-bond acceptors (Lipinski definition) is 4. The summed E-state index contributed by atoms with van der Waals surface area (Å²) in [6, 6.07) is 11.6. The highest BCUT2D eigenvalue weighted by molar-refractivity contribution is 7.89. The van der Waals surface area contributed by atoms with Crippen LogP contribution in [0.5, 0.6) is 17.2 Å². The SMILES string of the molecule is CCc1ccc(Oc2ccc(S(N)(=O)=O)cc2)c(OC)c1. The van der Waals surface area contributed by atoms with Crippen molar-refractivity contribution < 1.29 is 17.9 Å². The molecule has 6 heteroatoms. The molecule has 0 saturated carbocycles. The van der Waals surface area contributed by atoms with Crippen molar-refractivity contribution in [1.82, 2.24) is 0 Å². The summed E-state index contributed by atoms with van der Waals surface area (Å²) in [4.78, 5) is 0.0446. The van der Waals surface area contributed by atoms with E-state index in [-0.39, 0.29) is 4.90 Å². The molecule has 0 atom stereocenters. The number of aryl methyl sites for hydroxylation is 1. The van der Waals surface area contributed by atoms with Crippen molar-refractivity contribution in [1.29, 1.82) is 0 Å². The van der Waals surface area contributed by atoms with Gasteiger partial charge in [-0.25, -0.2) is 13.6 Å². The van der Waals surface area contributed by atoms with E-state index in [0.29, 0.717) is 17.2 Å². The zero-order valence-electron chi connectivity index (χ0n) is 11.9. The van der Waals surface area contributed by atoms with Crippen LogP contribution < -0.4 is 14.6 Å². The van der Waals surface area contributed by atoms with Crippen LogP contribution in [0.25, 0.3) is 0 Å². The maximum absolute atomic E-state index is 11.2. The Kier molecular flexibility index (Phi) is 4.50. The molecule has 0 aliphatic rings. The van der Waals surface area contributed by atoms with Gasteiger partial charge in [0, 0.05) is 0 Å². The summed E-state index contributed by atoms with van der Waals surface area (Å²) >= 11 is 0. The summed E-state index contributed by atoms with van der Waals surface area (Å²) < 4.78 is 33.4. The lowest BCUT2D eigenvalue weighted by Crippen LogP contribution is -2.11. The number of hydrogen-bond donors (Lipinski definition) is 1. The highest BCUT2D eigenvalue weighted by Crippen LogP contribution is 2.32. The molecule has 0 aliphatic heterocycles. The second kappa shape index (κ2) is 6.15. The molecular weight excluding hydrogens is 290 g/mol. The van der Waals surface area contributed by atoms with Crippen LogP contribution in [0, 0.1) is 0 Å². The van der Waals surface area contributed by atoms with Crippen molar-refractivity contribution in [3.05, 3.63) is 48.0 Å². The van der Waals surface area contributed by atoms with E-state index in [0.717, 1.165) is 12.0 Å². The first-order valence-corrected chi connectivity index (χ1v) is 7.96. The minimum absolute atomic E-state index is 0.0446. The second-order valence-electron chi connectivity index (χ2n) is 4.46. The summed E-state index contributed by atoms with van der Waals surface area (Å²) in [7, 11) is -2.12. The van der Waals surface area contributed by atoms with Gasteiger partial charge in [-0.1, -0.05) is 13.0 Å². The predicted octanol–water partition coefficient (Wildman–Crippen LogP) is 2.70. The Balaban J connectivity index is 2.26. The summed E-state index contributed by atoms with van der Waals surface area (Å²) in [5.74, 6) is 1.70. The molecule has 0 saturated heterocycles. The zero-order valence-corrected chi connectivity index (χ0v) is 12.7. The molecular formula is C15H17NO4S. The normalized spacial score (nSPS) is 11.2. The van der Waals surface area contributed by atoms with E-state index in [4.69, 9.17) is 14.6 Å². The lowest BCUT2D eigenvalue weighted by Gasteiger charge is -2.11. The van der Waals surface area contributed by atoms with Crippen molar-refractivity contribution in [2.75, 3.05) is 7.11 Å². The Labute approximate surface area is 124 Å². The van der Waals surface area contributed by atoms with Crippen molar-refractivity contribution in [3.8, 4) is 17.2 Å². The maximum atomic E-state index is 11.2. The number of rotatable bonds is 5. The van der Waals surface area contributed by atoms with Crippen LogP contribution in [0.3, 0.4) is 0 Å². The molecule has 0 aromatic heterocycles. The molecule has 0 spiro atoms. The molecule has 2 aromatic carbocycles. The Bertz CT molecular complexity index is 724. The van der Waals surface area contributed by atoms with Gasteiger partial charge in [0.1, 0.15) is 5.75 Å². The quantitative estimate of drug-likeness (QED) is 0.921. The molecule has 5 nitrogen and oxygen atoms in total. The molecule has 0 bridgehead atoms. The van der Waals surface area contributed by atoms with E-state index in [1.807, 2.05) is 18.2 Å². The molecule has 0 unspecified atom stereocenters. The van der Waals surface area contributed by atoms with E-state index in [1.165, 1.54) is 12.1 Å². The topological polar surface area (TPSA) is 78.6 Å². The third kappa shape index (κ3) is 3.74. The molecule has 112 valence electrons. The summed E-state index contributed by atoms with van der Waals surface area (Å²) in [6.07, 6.45) is 0.902. The molecule has 2 rings (SSSR count). The number of nitrogens with two attached hydrogens (primary N) is 1. The molecule has 0 aliphatic carbocycles. The minimum atomic E-state index is -3.69. The van der Waals surface area contributed by atoms with Gasteiger partial charge in [-0.2, -0.15) is 0 Å². The van der Waals surface area contributed by atoms with E-state index < -0.39 is 10.0 Å². The van der Waals surface area contributed by atoms with E-state index >= 15 is 0 Å². The van der Waals surface area contributed by atoms with Gasteiger partial charge in [-0.05, 0) is 48.4 Å². The van der Waals surface area contributed by atoms with Gasteiger partial charge < -0.3 is 9.47 Å². The molecule has 0 heterocycles. The summed E-state index contributed by atoms with van der Waals surface area (Å²) in [6.45, 7) is 2.06. The number of ether oxygens (including phenoxy) is 2. The van der Waals surface area contributed by atoms with Gasteiger partial charge in [0.25, 0.3) is 0 Å². The first-order chi connectivity index (χ1) is 9.94. The Hall–Kier alpha value is -2.05. The fraction of sp³-hybridized carbons (Fsp3) is 0.200. The van der Waals surface area contributed by atoms with Crippen LogP contribution in [0.4, 0.5) is 0 Å². The van der Waals surface area contributed by atoms with Crippen molar-refractivity contribution in [2.45, 2.75) is 18.2 Å². The van der Waals surface area contributed by atoms with Crippen LogP contribution in [-0.4, -0.2) is 15.5 Å². The van der Waals surface area contributed by atoms with Gasteiger partial charge in [0.15, 0.2) is 11.5 Å². The third-order valence-corrected chi connectivity index (χ3v) is 3.95. The van der Waals surface area contributed by atoms with Gasteiger partial charge in [0.2, 0.25) is 10.0 Å². The van der Waals surface area contributed by atoms with Crippen molar-refractivity contribution in [2.24, 2.45) is 5.14 Å². The van der Waals surface area contributed by atoms with Gasteiger partial charge in [0.05, 0.1) is 12.0 Å². The first-order valence-electron chi connectivity index (χ1n) is 6.41. The molecule has 2 aromatic rings. The molecule has 0 amide bonds. The fourth-order valence-electron chi connectivity index (χ4n) is 1.84. The molecule has 21 heavy (non-hydrogen) atoms. The van der Waals surface area contributed by atoms with Gasteiger partial charge in [-0.15, -0.1) is 0 Å². The van der Waals surface area contributed by atoms with E-state index in [2.05, 4.69) is 6.92 Å². The highest BCUT2D eigenvalue weighted by Gasteiger charge is 2.09. The minimum Gasteiger partial charge on any atom is -0.493 e. The Morgan fingerprint density at radius 3 is 2.24 bits per heavy atom. The number of benzene rings is 2. The monoisotopic (exact) mass is 307 g/mol. The zero-order chi connectivity index (χ0) is 15.5. The maximum Gasteiger partial charge on any atom is 0.238 e. The summed E-state index contributed by atoms with van der Waals surface area (Å²) in [5.41, 5.74) is 1.14. The number of primary sulfonamides is 1. The predicted molar refractivity (Wildman–Crippen MR) is 80.3 cm³/mol. The standard InChI is InChI=1S/C15H17NO4S/c1-3-11-4-9-14(15(10-11)19-2)20-12-5-7-13(8-6-12)21(16,17)18/h4-10H,3H2,1-2H3,(H2,16,17,18). The lowest BCUT2D eigenvalue weighted by molar-refractivity contribution is 0.378. The first kappa shape index (κ1) is 15.3. The van der Waals surface area contributed by atoms with Crippen LogP contribution in [0.2, 0.25) is 0 Å². The van der Waals surface area contributed by atoms with Crippen LogP contribution in [0.15, 0.2) is 47.4 Å². The Morgan fingerprint density at radius 2 is 1.71 bits per heavy atom. The van der Waals surface area contributed by atoms with Gasteiger partial charge >= 0.3 is 0 Å². The van der Waals surface area contributed by atoms with Crippen LogP contribution >= 0.6 is 0 Å². The van der Waals surface area contributed by atoms with Crippen molar-refractivity contribution in [3.63, 3.8) is 0 Å². The van der Waals surface area contributed by atoms with Gasteiger partial charge in [-0.3, -0.25) is 0 Å². The van der Waals surface area contributed by atoms with Crippen LogP contribution in [-0.2, 0) is 16.4 Å². The number of sulfonamides is 1. The largest absolute Gasteiger partial charge is 0.493 e. The van der Waals surface area contributed by atoms with Crippen molar-refractivity contribution >= 4 is 10.0 Å². The molecule has 2 N–H and O–H groups in total. The molecule has 0 fully saturated rings. The third-order valence-electron chi connectivity index (χ3n) is 3.02. The van der Waals surface area contributed by atoms with E-state index in [9.17, 15) is 8.42 Å². The van der Waals surface area contributed by atoms with Crippen LogP contribution in [0.1, 0.15) is 12.5 Å². The average Bonchev–Trinajstić information content (AvgIpc) is 2.47. The lowest BCUT2D eigenvalue weighted by atomic mass is 10.1. The summed E-state index contributed by atoms with van der Waals surface area (Å²) in [5, 5.41) is 5.05. The fourth-order valence-corrected chi connectivity index (χ4v) is 2.36. The highest BCUT2D eigenvalue weighted by atomic mass is 32.2. The number of methoxy groups -OCH3 is 1.